The Kier molecular flexibility index (Phi) is 3.11. The molecule has 1 aromatic rings. The van der Waals surface area contributed by atoms with Crippen LogP contribution in [0.2, 0.25) is 0 Å². The van der Waals surface area contributed by atoms with Crippen LogP contribution in [0.1, 0.15) is 0 Å². The first-order chi connectivity index (χ1) is 8.41. The van der Waals surface area contributed by atoms with E-state index in [-0.39, 0.29) is 21.2 Å². The Morgan fingerprint density at radius 1 is 1.44 bits per heavy atom. The van der Waals surface area contributed by atoms with Gasteiger partial charge in [0, 0.05) is 0 Å². The van der Waals surface area contributed by atoms with Gasteiger partial charge < -0.3 is 11.5 Å². The average molecular weight is 318 g/mol. The number of nitrogens with zero attached hydrogens (tertiary/aromatic N) is 2. The highest BCUT2D eigenvalue weighted by Crippen LogP contribution is 2.30. The number of benzene rings is 1. The third-order valence-corrected chi connectivity index (χ3v) is 2.80. The van der Waals surface area contributed by atoms with E-state index >= 15 is 0 Å². The molecule has 7 nitrogen and oxygen atoms in total. The van der Waals surface area contributed by atoms with Gasteiger partial charge in [-0.1, -0.05) is 5.23 Å². The van der Waals surface area contributed by atoms with E-state index in [1.807, 2.05) is 0 Å². The molecule has 2 rings (SSSR count). The number of amidine groups is 1. The maximum absolute atomic E-state index is 13.1. The number of halogens is 2. The van der Waals surface area contributed by atoms with Crippen molar-refractivity contribution in [1.82, 2.24) is 5.23 Å². The van der Waals surface area contributed by atoms with Crippen LogP contribution in [0.3, 0.4) is 0 Å². The Balaban J connectivity index is 2.47. The molecule has 0 saturated carbocycles. The highest BCUT2D eigenvalue weighted by molar-refractivity contribution is 9.10. The highest BCUT2D eigenvalue weighted by atomic mass is 79.9. The summed E-state index contributed by atoms with van der Waals surface area (Å²) >= 11 is 3.01. The lowest BCUT2D eigenvalue weighted by atomic mass is 10.3. The molecule has 9 heteroatoms. The molecule has 0 atom stereocenters. The van der Waals surface area contributed by atoms with Crippen molar-refractivity contribution < 1.29 is 14.5 Å². The summed E-state index contributed by atoms with van der Waals surface area (Å²) < 4.78 is 13.3. The summed E-state index contributed by atoms with van der Waals surface area (Å²) in [5.41, 5.74) is 11.1. The second-order valence-electron chi connectivity index (χ2n) is 3.40. The van der Waals surface area contributed by atoms with Crippen molar-refractivity contribution in [2.45, 2.75) is 0 Å². The Morgan fingerprint density at radius 2 is 2.11 bits per heavy atom. The van der Waals surface area contributed by atoms with Crippen LogP contribution in [-0.2, 0) is 4.94 Å². The molecule has 18 heavy (non-hydrogen) atoms. The smallest absolute Gasteiger partial charge is 0.208 e. The molecule has 6 N–H and O–H groups in total. The van der Waals surface area contributed by atoms with E-state index in [2.05, 4.69) is 15.9 Å². The van der Waals surface area contributed by atoms with Gasteiger partial charge in [-0.05, 0) is 34.1 Å². The van der Waals surface area contributed by atoms with E-state index in [4.69, 9.17) is 21.8 Å². The predicted molar refractivity (Wildman–Crippen MR) is 64.4 cm³/mol. The van der Waals surface area contributed by atoms with Gasteiger partial charge in [0.2, 0.25) is 5.84 Å². The first-order valence-electron chi connectivity index (χ1n) is 4.68. The number of nitrogens with two attached hydrogens (primary N) is 2. The fourth-order valence-corrected chi connectivity index (χ4v) is 1.75. The predicted octanol–water partition coefficient (Wildman–Crippen LogP) is 1.01. The summed E-state index contributed by atoms with van der Waals surface area (Å²) in [6, 6.07) is 3.97. The van der Waals surface area contributed by atoms with Crippen LogP contribution in [0.15, 0.2) is 34.2 Å². The number of rotatable bonds is 1. The van der Waals surface area contributed by atoms with Crippen molar-refractivity contribution in [1.29, 1.82) is 5.41 Å². The minimum absolute atomic E-state index is 0.0315. The van der Waals surface area contributed by atoms with E-state index < -0.39 is 11.7 Å². The number of hydrogen-bond donors (Lipinski definition) is 4. The van der Waals surface area contributed by atoms with E-state index in [0.29, 0.717) is 5.69 Å². The SMILES string of the molecule is N=C1C(=C(N)N)N(c2ccc(F)c(Br)c2)ON1O. The molecule has 0 unspecified atom stereocenters. The van der Waals surface area contributed by atoms with E-state index in [1.54, 1.807) is 0 Å². The van der Waals surface area contributed by atoms with Crippen LogP contribution >= 0.6 is 15.9 Å². The van der Waals surface area contributed by atoms with Crippen molar-refractivity contribution in [3.63, 3.8) is 0 Å². The fraction of sp³-hybridized carbons (Fsp3) is 0. The lowest BCUT2D eigenvalue weighted by Crippen LogP contribution is -2.25. The lowest BCUT2D eigenvalue weighted by molar-refractivity contribution is -0.272. The van der Waals surface area contributed by atoms with Crippen molar-refractivity contribution >= 4 is 27.5 Å². The largest absolute Gasteiger partial charge is 0.384 e. The van der Waals surface area contributed by atoms with Crippen LogP contribution in [0.4, 0.5) is 10.1 Å². The zero-order valence-corrected chi connectivity index (χ0v) is 10.5. The molecule has 0 aliphatic carbocycles. The van der Waals surface area contributed by atoms with Crippen LogP contribution in [-0.4, -0.2) is 16.3 Å². The van der Waals surface area contributed by atoms with Crippen LogP contribution in [0.5, 0.6) is 0 Å². The first kappa shape index (κ1) is 12.6. The van der Waals surface area contributed by atoms with Gasteiger partial charge in [-0.15, -0.1) is 4.94 Å². The van der Waals surface area contributed by atoms with Crippen molar-refractivity contribution in [3.05, 3.63) is 40.0 Å². The molecule has 0 aromatic heterocycles. The maximum Gasteiger partial charge on any atom is 0.208 e. The van der Waals surface area contributed by atoms with Crippen molar-refractivity contribution in [2.24, 2.45) is 11.5 Å². The molecule has 1 heterocycles. The number of nitrogens with one attached hydrogen (secondary N) is 1. The second kappa shape index (κ2) is 4.44. The molecule has 0 spiro atoms. The number of hydroxylamine groups is 3. The van der Waals surface area contributed by atoms with Gasteiger partial charge in [0.25, 0.3) is 0 Å². The van der Waals surface area contributed by atoms with Gasteiger partial charge >= 0.3 is 0 Å². The summed E-state index contributed by atoms with van der Waals surface area (Å²) in [4.78, 5) is 4.86. The Bertz CT molecular complexity index is 546. The Labute approximate surface area is 110 Å². The fourth-order valence-electron chi connectivity index (χ4n) is 1.39. The minimum Gasteiger partial charge on any atom is -0.384 e. The molecular formula is C9H9BrFN5O2. The zero-order chi connectivity index (χ0) is 13.4. The first-order valence-corrected chi connectivity index (χ1v) is 5.47. The molecule has 0 amide bonds. The monoisotopic (exact) mass is 317 g/mol. The average Bonchev–Trinajstić information content (AvgIpc) is 2.59. The Morgan fingerprint density at radius 3 is 2.67 bits per heavy atom. The number of hydrogen-bond acceptors (Lipinski definition) is 6. The highest BCUT2D eigenvalue weighted by Gasteiger charge is 2.34. The van der Waals surface area contributed by atoms with Crippen molar-refractivity contribution in [2.75, 3.05) is 5.06 Å². The summed E-state index contributed by atoms with van der Waals surface area (Å²) in [6.45, 7) is 0. The molecule has 0 bridgehead atoms. The van der Waals surface area contributed by atoms with Crippen LogP contribution < -0.4 is 16.5 Å². The minimum atomic E-state index is -0.458. The van der Waals surface area contributed by atoms with Gasteiger partial charge in [0.05, 0.1) is 10.2 Å². The molecule has 1 aromatic carbocycles. The summed E-state index contributed by atoms with van der Waals surface area (Å²) in [5.74, 6) is -1.09. The van der Waals surface area contributed by atoms with E-state index in [9.17, 15) is 9.60 Å². The zero-order valence-electron chi connectivity index (χ0n) is 8.89. The summed E-state index contributed by atoms with van der Waals surface area (Å²) in [7, 11) is 0. The van der Waals surface area contributed by atoms with Gasteiger partial charge in [-0.25, -0.2) is 4.39 Å². The number of anilines is 1. The van der Waals surface area contributed by atoms with Crippen molar-refractivity contribution in [3.8, 4) is 0 Å². The topological polar surface area (TPSA) is 112 Å². The molecule has 96 valence electrons. The summed E-state index contributed by atoms with van der Waals surface area (Å²) in [5, 5.41) is 18.0. The van der Waals surface area contributed by atoms with Gasteiger partial charge in [-0.3, -0.25) is 10.6 Å². The third kappa shape index (κ3) is 1.98. The molecule has 1 saturated heterocycles. The van der Waals surface area contributed by atoms with Crippen LogP contribution in [0, 0.1) is 11.2 Å². The maximum atomic E-state index is 13.1. The molecule has 1 fully saturated rings. The van der Waals surface area contributed by atoms with Gasteiger partial charge in [0.1, 0.15) is 11.6 Å². The third-order valence-electron chi connectivity index (χ3n) is 2.19. The van der Waals surface area contributed by atoms with E-state index in [1.165, 1.54) is 18.2 Å². The van der Waals surface area contributed by atoms with Gasteiger partial charge in [0.15, 0.2) is 5.70 Å². The standard InChI is InChI=1S/C9H9BrFN5O2/c10-5-3-4(1-2-6(5)11)15-7(8(12)13)9(14)16(17)18-15/h1-3,14,17H,12-13H2. The second-order valence-corrected chi connectivity index (χ2v) is 4.25. The molecule has 1 aliphatic heterocycles. The normalized spacial score (nSPS) is 15.5. The molecular weight excluding hydrogens is 309 g/mol. The quantitative estimate of drug-likeness (QED) is 0.615. The Hall–Kier alpha value is -1.84. The molecule has 0 radical (unpaired) electrons. The van der Waals surface area contributed by atoms with E-state index in [0.717, 1.165) is 5.06 Å². The van der Waals surface area contributed by atoms with Crippen LogP contribution in [0.25, 0.3) is 0 Å². The van der Waals surface area contributed by atoms with Gasteiger partial charge in [-0.2, -0.15) is 5.06 Å². The lowest BCUT2D eigenvalue weighted by Gasteiger charge is -2.16. The summed E-state index contributed by atoms with van der Waals surface area (Å²) in [6.07, 6.45) is 0. The molecule has 1 aliphatic rings.